The van der Waals surface area contributed by atoms with E-state index in [4.69, 9.17) is 4.42 Å². The summed E-state index contributed by atoms with van der Waals surface area (Å²) >= 11 is 0. The summed E-state index contributed by atoms with van der Waals surface area (Å²) < 4.78 is 6.10. The Morgan fingerprint density at radius 1 is 0.964 bits per heavy atom. The number of furan rings is 1. The maximum Gasteiger partial charge on any atom is 0.236 e. The highest BCUT2D eigenvalue weighted by molar-refractivity contribution is 6.05. The van der Waals surface area contributed by atoms with Crippen molar-refractivity contribution in [2.45, 2.75) is 19.3 Å². The Morgan fingerprint density at radius 3 is 2.71 bits per heavy atom. The van der Waals surface area contributed by atoms with Gasteiger partial charge in [0.1, 0.15) is 17.4 Å². The molecule has 0 N–H and O–H groups in total. The van der Waals surface area contributed by atoms with Gasteiger partial charge in [0.2, 0.25) is 5.91 Å². The first-order chi connectivity index (χ1) is 13.8. The van der Waals surface area contributed by atoms with E-state index in [-0.39, 0.29) is 5.91 Å². The van der Waals surface area contributed by atoms with Crippen LogP contribution in [0.15, 0.2) is 35.0 Å². The number of benzene rings is 1. The smallest absolute Gasteiger partial charge is 0.236 e. The lowest BCUT2D eigenvalue weighted by Crippen LogP contribution is -2.40. The van der Waals surface area contributed by atoms with Crippen molar-refractivity contribution in [3.63, 3.8) is 0 Å². The van der Waals surface area contributed by atoms with Gasteiger partial charge in [-0.25, -0.2) is 9.97 Å². The molecule has 0 radical (unpaired) electrons. The lowest BCUT2D eigenvalue weighted by Gasteiger charge is -2.24. The minimum Gasteiger partial charge on any atom is -0.450 e. The summed E-state index contributed by atoms with van der Waals surface area (Å²) in [5, 5.41) is 1.02. The zero-order chi connectivity index (χ0) is 18.9. The number of hydrogen-bond acceptors (Lipinski definition) is 6. The fraction of sp³-hybridized carbons (Fsp3) is 0.476. The number of hydrogen-bond donors (Lipinski definition) is 0. The second kappa shape index (κ2) is 7.39. The van der Waals surface area contributed by atoms with Crippen LogP contribution in [0.25, 0.3) is 22.1 Å². The lowest BCUT2D eigenvalue weighted by atomic mass is 10.2. The second-order valence-electron chi connectivity index (χ2n) is 7.68. The fourth-order valence-corrected chi connectivity index (χ4v) is 4.34. The average molecular weight is 379 g/mol. The van der Waals surface area contributed by atoms with E-state index in [0.717, 1.165) is 86.4 Å². The van der Waals surface area contributed by atoms with Gasteiger partial charge in [-0.3, -0.25) is 9.69 Å². The molecule has 0 aliphatic carbocycles. The molecule has 2 saturated heterocycles. The molecule has 0 atom stereocenters. The minimum absolute atomic E-state index is 0.271. The van der Waals surface area contributed by atoms with Crippen LogP contribution in [-0.2, 0) is 4.79 Å². The number of anilines is 1. The zero-order valence-electron chi connectivity index (χ0n) is 16.0. The summed E-state index contributed by atoms with van der Waals surface area (Å²) in [5.41, 5.74) is 2.46. The number of carbonyl (C=O) groups excluding carboxylic acids is 1. The first-order valence-corrected chi connectivity index (χ1v) is 10.2. The molecule has 2 aliphatic rings. The monoisotopic (exact) mass is 379 g/mol. The van der Waals surface area contributed by atoms with Gasteiger partial charge in [0.15, 0.2) is 11.4 Å². The molecule has 5 rings (SSSR count). The van der Waals surface area contributed by atoms with Crippen molar-refractivity contribution in [3.05, 3.63) is 30.6 Å². The van der Waals surface area contributed by atoms with E-state index in [1.54, 1.807) is 6.33 Å². The number of amides is 1. The molecule has 28 heavy (non-hydrogen) atoms. The van der Waals surface area contributed by atoms with Gasteiger partial charge >= 0.3 is 0 Å². The first kappa shape index (κ1) is 17.4. The highest BCUT2D eigenvalue weighted by Gasteiger charge is 2.24. The maximum atomic E-state index is 12.5. The summed E-state index contributed by atoms with van der Waals surface area (Å²) in [5.74, 6) is 1.13. The SMILES string of the molecule is O=C(CN1CCCN(c2ncnc3c2oc2ccccc23)CC1)N1CCCC1. The molecule has 146 valence electrons. The quantitative estimate of drug-likeness (QED) is 0.697. The van der Waals surface area contributed by atoms with Crippen molar-refractivity contribution in [1.82, 2.24) is 19.8 Å². The van der Waals surface area contributed by atoms with Crippen LogP contribution in [0.2, 0.25) is 0 Å². The summed E-state index contributed by atoms with van der Waals surface area (Å²) in [7, 11) is 0. The Labute approximate surface area is 163 Å². The predicted octanol–water partition coefficient (Wildman–Crippen LogP) is 2.51. The van der Waals surface area contributed by atoms with Gasteiger partial charge in [0, 0.05) is 44.7 Å². The predicted molar refractivity (Wildman–Crippen MR) is 108 cm³/mol. The molecule has 7 heteroatoms. The third-order valence-electron chi connectivity index (χ3n) is 5.84. The Balaban J connectivity index is 1.34. The van der Waals surface area contributed by atoms with Gasteiger partial charge in [-0.15, -0.1) is 0 Å². The van der Waals surface area contributed by atoms with Gasteiger partial charge in [0.05, 0.1) is 6.54 Å². The van der Waals surface area contributed by atoms with Crippen molar-refractivity contribution >= 4 is 33.8 Å². The molecule has 2 aromatic heterocycles. The van der Waals surface area contributed by atoms with Gasteiger partial charge in [0.25, 0.3) is 0 Å². The maximum absolute atomic E-state index is 12.5. The van der Waals surface area contributed by atoms with Crippen LogP contribution in [0.3, 0.4) is 0 Å². The highest BCUT2D eigenvalue weighted by Crippen LogP contribution is 2.32. The van der Waals surface area contributed by atoms with Crippen LogP contribution in [0.4, 0.5) is 5.82 Å². The molecule has 0 unspecified atom stereocenters. The topological polar surface area (TPSA) is 65.7 Å². The van der Waals surface area contributed by atoms with E-state index in [2.05, 4.69) is 19.8 Å². The van der Waals surface area contributed by atoms with Crippen LogP contribution in [0, 0.1) is 0 Å². The number of aromatic nitrogens is 2. The first-order valence-electron chi connectivity index (χ1n) is 10.2. The van der Waals surface area contributed by atoms with Crippen molar-refractivity contribution in [2.24, 2.45) is 0 Å². The van der Waals surface area contributed by atoms with Gasteiger partial charge < -0.3 is 14.2 Å². The summed E-state index contributed by atoms with van der Waals surface area (Å²) in [6.07, 6.45) is 4.90. The normalized spacial score (nSPS) is 18.9. The number of nitrogens with zero attached hydrogens (tertiary/aromatic N) is 5. The number of rotatable bonds is 3. The Hall–Kier alpha value is -2.67. The van der Waals surface area contributed by atoms with Crippen LogP contribution in [0.1, 0.15) is 19.3 Å². The largest absolute Gasteiger partial charge is 0.450 e. The van der Waals surface area contributed by atoms with Gasteiger partial charge in [-0.2, -0.15) is 0 Å². The van der Waals surface area contributed by atoms with Crippen molar-refractivity contribution < 1.29 is 9.21 Å². The second-order valence-corrected chi connectivity index (χ2v) is 7.68. The van der Waals surface area contributed by atoms with E-state index >= 15 is 0 Å². The number of para-hydroxylation sites is 1. The summed E-state index contributed by atoms with van der Waals surface area (Å²) in [6.45, 7) is 5.88. The summed E-state index contributed by atoms with van der Waals surface area (Å²) in [6, 6.07) is 7.97. The van der Waals surface area contributed by atoms with E-state index in [0.29, 0.717) is 6.54 Å². The van der Waals surface area contributed by atoms with Crippen LogP contribution in [-0.4, -0.2) is 71.5 Å². The molecule has 1 aromatic carbocycles. The number of carbonyl (C=O) groups is 1. The third-order valence-corrected chi connectivity index (χ3v) is 5.84. The highest BCUT2D eigenvalue weighted by atomic mass is 16.3. The van der Waals surface area contributed by atoms with Gasteiger partial charge in [-0.05, 0) is 31.4 Å². The molecular formula is C21H25N5O2. The molecule has 0 saturated carbocycles. The Kier molecular flexibility index (Phi) is 4.60. The molecule has 4 heterocycles. The van der Waals surface area contributed by atoms with Gasteiger partial charge in [-0.1, -0.05) is 12.1 Å². The third kappa shape index (κ3) is 3.20. The van der Waals surface area contributed by atoms with Crippen LogP contribution in [0.5, 0.6) is 0 Å². The fourth-order valence-electron chi connectivity index (χ4n) is 4.34. The number of likely N-dealkylation sites (tertiary alicyclic amines) is 1. The van der Waals surface area contributed by atoms with E-state index < -0.39 is 0 Å². The molecular weight excluding hydrogens is 354 g/mol. The molecule has 3 aromatic rings. The molecule has 2 aliphatic heterocycles. The average Bonchev–Trinajstić information content (AvgIpc) is 3.32. The Morgan fingerprint density at radius 2 is 1.82 bits per heavy atom. The van der Waals surface area contributed by atoms with Crippen molar-refractivity contribution in [1.29, 1.82) is 0 Å². The van der Waals surface area contributed by atoms with Crippen LogP contribution < -0.4 is 4.90 Å². The molecule has 0 bridgehead atoms. The van der Waals surface area contributed by atoms with E-state index in [1.807, 2.05) is 29.2 Å². The molecule has 2 fully saturated rings. The van der Waals surface area contributed by atoms with Crippen molar-refractivity contribution in [2.75, 3.05) is 50.7 Å². The molecule has 7 nitrogen and oxygen atoms in total. The van der Waals surface area contributed by atoms with Crippen LogP contribution >= 0.6 is 0 Å². The molecule has 0 spiro atoms. The standard InChI is InChI=1S/C21H25N5O2/c27-18(25-9-3-4-10-25)14-24-8-5-11-26(13-12-24)21-20-19(22-15-23-21)16-6-1-2-7-17(16)28-20/h1-2,6-7,15H,3-5,8-14H2. The lowest BCUT2D eigenvalue weighted by molar-refractivity contribution is -0.131. The Bertz CT molecular complexity index is 995. The summed E-state index contributed by atoms with van der Waals surface area (Å²) in [4.78, 5) is 28.0. The zero-order valence-corrected chi connectivity index (χ0v) is 16.0. The van der Waals surface area contributed by atoms with E-state index in [1.165, 1.54) is 0 Å². The number of fused-ring (bicyclic) bond motifs is 3. The minimum atomic E-state index is 0.271. The van der Waals surface area contributed by atoms with E-state index in [9.17, 15) is 4.79 Å². The van der Waals surface area contributed by atoms with Crippen molar-refractivity contribution in [3.8, 4) is 0 Å². The molecule has 1 amide bonds.